The van der Waals surface area contributed by atoms with E-state index in [9.17, 15) is 9.59 Å². The lowest BCUT2D eigenvalue weighted by Crippen LogP contribution is -2.32. The van der Waals surface area contributed by atoms with Crippen LogP contribution in [0.1, 0.15) is 26.0 Å². The summed E-state index contributed by atoms with van der Waals surface area (Å²) in [4.78, 5) is 28.2. The van der Waals surface area contributed by atoms with Crippen LogP contribution < -0.4 is 10.9 Å². The molecule has 0 aliphatic rings. The molecule has 2 rings (SSSR count). The van der Waals surface area contributed by atoms with Crippen molar-refractivity contribution in [2.75, 3.05) is 0 Å². The van der Waals surface area contributed by atoms with E-state index in [0.29, 0.717) is 12.2 Å². The van der Waals surface area contributed by atoms with Crippen molar-refractivity contribution in [3.05, 3.63) is 40.3 Å². The molecule has 0 saturated heterocycles. The predicted octanol–water partition coefficient (Wildman–Crippen LogP) is 1.62. The highest BCUT2D eigenvalue weighted by molar-refractivity contribution is 5.77. The first-order valence-electron chi connectivity index (χ1n) is 6.74. The average molecular weight is 273 g/mol. The van der Waals surface area contributed by atoms with Crippen molar-refractivity contribution in [3.63, 3.8) is 0 Å². The van der Waals surface area contributed by atoms with Gasteiger partial charge in [-0.15, -0.1) is 0 Å². The van der Waals surface area contributed by atoms with Gasteiger partial charge in [0.25, 0.3) is 5.56 Å². The van der Waals surface area contributed by atoms with Gasteiger partial charge in [0.05, 0.1) is 11.0 Å². The Balaban J connectivity index is 2.31. The molecule has 0 unspecified atom stereocenters. The summed E-state index contributed by atoms with van der Waals surface area (Å²) in [6.45, 7) is 5.88. The SMILES string of the molecule is Cc1nc2ccccc2n(CCC(=O)NC(C)C)c1=O. The maximum atomic E-state index is 12.2. The summed E-state index contributed by atoms with van der Waals surface area (Å²) in [6.07, 6.45) is 0.283. The van der Waals surface area contributed by atoms with Crippen molar-refractivity contribution in [1.82, 2.24) is 14.9 Å². The maximum absolute atomic E-state index is 12.2. The third kappa shape index (κ3) is 3.04. The Bertz CT molecular complexity index is 689. The number of carbonyl (C=O) groups is 1. The Morgan fingerprint density at radius 3 is 2.75 bits per heavy atom. The van der Waals surface area contributed by atoms with Crippen molar-refractivity contribution in [1.29, 1.82) is 0 Å². The van der Waals surface area contributed by atoms with E-state index >= 15 is 0 Å². The van der Waals surface area contributed by atoms with Crippen LogP contribution in [0.3, 0.4) is 0 Å². The van der Waals surface area contributed by atoms with Gasteiger partial charge in [0.15, 0.2) is 0 Å². The predicted molar refractivity (Wildman–Crippen MR) is 78.6 cm³/mol. The zero-order valence-electron chi connectivity index (χ0n) is 12.0. The zero-order chi connectivity index (χ0) is 14.7. The van der Waals surface area contributed by atoms with Crippen LogP contribution in [0.4, 0.5) is 0 Å². The summed E-state index contributed by atoms with van der Waals surface area (Å²) >= 11 is 0. The molecule has 1 aromatic carbocycles. The minimum atomic E-state index is -0.138. The van der Waals surface area contributed by atoms with E-state index in [1.165, 1.54) is 0 Å². The number of amides is 1. The van der Waals surface area contributed by atoms with Crippen molar-refractivity contribution in [2.24, 2.45) is 0 Å². The second-order valence-corrected chi connectivity index (χ2v) is 5.11. The first kappa shape index (κ1) is 14.2. The van der Waals surface area contributed by atoms with Gasteiger partial charge in [-0.2, -0.15) is 0 Å². The average Bonchev–Trinajstić information content (AvgIpc) is 2.38. The molecule has 0 aliphatic heterocycles. The number of carbonyl (C=O) groups excluding carboxylic acids is 1. The minimum Gasteiger partial charge on any atom is -0.354 e. The summed E-state index contributed by atoms with van der Waals surface area (Å²) < 4.78 is 1.62. The molecule has 5 heteroatoms. The third-order valence-corrected chi connectivity index (χ3v) is 3.03. The summed E-state index contributed by atoms with van der Waals surface area (Å²) in [5.41, 5.74) is 1.85. The van der Waals surface area contributed by atoms with Crippen LogP contribution >= 0.6 is 0 Å². The molecule has 0 bridgehead atoms. The lowest BCUT2D eigenvalue weighted by Gasteiger charge is -2.12. The van der Waals surface area contributed by atoms with Crippen LogP contribution in [0, 0.1) is 6.92 Å². The number of hydrogen-bond donors (Lipinski definition) is 1. The standard InChI is InChI=1S/C15H19N3O2/c1-10(2)16-14(19)8-9-18-13-7-5-4-6-12(13)17-11(3)15(18)20/h4-7,10H,8-9H2,1-3H3,(H,16,19). The Labute approximate surface area is 117 Å². The highest BCUT2D eigenvalue weighted by atomic mass is 16.2. The van der Waals surface area contributed by atoms with Crippen LogP contribution in [0.25, 0.3) is 11.0 Å². The van der Waals surface area contributed by atoms with Crippen LogP contribution in [0.5, 0.6) is 0 Å². The highest BCUT2D eigenvalue weighted by Crippen LogP contribution is 2.10. The number of aromatic nitrogens is 2. The molecule has 1 aromatic heterocycles. The number of nitrogens with zero attached hydrogens (tertiary/aromatic N) is 2. The Morgan fingerprint density at radius 1 is 1.35 bits per heavy atom. The van der Waals surface area contributed by atoms with Gasteiger partial charge >= 0.3 is 0 Å². The molecule has 0 radical (unpaired) electrons. The van der Waals surface area contributed by atoms with Crippen LogP contribution in [-0.2, 0) is 11.3 Å². The lowest BCUT2D eigenvalue weighted by atomic mass is 10.2. The number of nitrogens with one attached hydrogen (secondary N) is 1. The fourth-order valence-electron chi connectivity index (χ4n) is 2.15. The number of aryl methyl sites for hydroxylation is 2. The number of hydrogen-bond acceptors (Lipinski definition) is 3. The topological polar surface area (TPSA) is 64.0 Å². The van der Waals surface area contributed by atoms with E-state index in [0.717, 1.165) is 11.0 Å². The highest BCUT2D eigenvalue weighted by Gasteiger charge is 2.10. The van der Waals surface area contributed by atoms with Gasteiger partial charge in [0.2, 0.25) is 5.91 Å². The van der Waals surface area contributed by atoms with E-state index in [1.807, 2.05) is 38.1 Å². The van der Waals surface area contributed by atoms with Crippen molar-refractivity contribution < 1.29 is 4.79 Å². The zero-order valence-corrected chi connectivity index (χ0v) is 12.0. The van der Waals surface area contributed by atoms with Crippen molar-refractivity contribution >= 4 is 16.9 Å². The fraction of sp³-hybridized carbons (Fsp3) is 0.400. The van der Waals surface area contributed by atoms with Gasteiger partial charge in [-0.25, -0.2) is 4.98 Å². The Morgan fingerprint density at radius 2 is 2.05 bits per heavy atom. The van der Waals surface area contributed by atoms with E-state index in [2.05, 4.69) is 10.3 Å². The smallest absolute Gasteiger partial charge is 0.272 e. The summed E-state index contributed by atoms with van der Waals surface area (Å²) in [5.74, 6) is -0.0505. The van der Waals surface area contributed by atoms with Crippen molar-refractivity contribution in [3.8, 4) is 0 Å². The van der Waals surface area contributed by atoms with Crippen LogP contribution in [-0.4, -0.2) is 21.5 Å². The molecular formula is C15H19N3O2. The van der Waals surface area contributed by atoms with Gasteiger partial charge in [-0.3, -0.25) is 9.59 Å². The molecule has 1 N–H and O–H groups in total. The second-order valence-electron chi connectivity index (χ2n) is 5.11. The molecule has 0 atom stereocenters. The first-order valence-corrected chi connectivity index (χ1v) is 6.74. The van der Waals surface area contributed by atoms with E-state index in [4.69, 9.17) is 0 Å². The van der Waals surface area contributed by atoms with E-state index in [-0.39, 0.29) is 23.9 Å². The normalized spacial score (nSPS) is 11.0. The lowest BCUT2D eigenvalue weighted by molar-refractivity contribution is -0.121. The molecule has 1 heterocycles. The molecule has 1 amide bonds. The van der Waals surface area contributed by atoms with Gasteiger partial charge in [0.1, 0.15) is 5.69 Å². The molecule has 20 heavy (non-hydrogen) atoms. The Hall–Kier alpha value is -2.17. The van der Waals surface area contributed by atoms with Gasteiger partial charge < -0.3 is 9.88 Å². The molecule has 2 aromatic rings. The second kappa shape index (κ2) is 5.86. The summed E-state index contributed by atoms with van der Waals surface area (Å²) in [7, 11) is 0. The maximum Gasteiger partial charge on any atom is 0.272 e. The van der Waals surface area contributed by atoms with Gasteiger partial charge in [0, 0.05) is 19.0 Å². The van der Waals surface area contributed by atoms with E-state index < -0.39 is 0 Å². The molecular weight excluding hydrogens is 254 g/mol. The summed E-state index contributed by atoms with van der Waals surface area (Å²) in [5, 5.41) is 2.83. The van der Waals surface area contributed by atoms with E-state index in [1.54, 1.807) is 11.5 Å². The number of benzene rings is 1. The van der Waals surface area contributed by atoms with Crippen LogP contribution in [0.15, 0.2) is 29.1 Å². The molecule has 0 saturated carbocycles. The molecule has 0 spiro atoms. The Kier molecular flexibility index (Phi) is 4.17. The number of rotatable bonds is 4. The summed E-state index contributed by atoms with van der Waals surface area (Å²) in [6, 6.07) is 7.57. The van der Waals surface area contributed by atoms with Crippen LogP contribution in [0.2, 0.25) is 0 Å². The molecule has 0 fully saturated rings. The molecule has 5 nitrogen and oxygen atoms in total. The van der Waals surface area contributed by atoms with Gasteiger partial charge in [-0.05, 0) is 32.9 Å². The minimum absolute atomic E-state index is 0.0505. The third-order valence-electron chi connectivity index (χ3n) is 3.03. The largest absolute Gasteiger partial charge is 0.354 e. The molecule has 106 valence electrons. The molecule has 0 aliphatic carbocycles. The fourth-order valence-corrected chi connectivity index (χ4v) is 2.15. The van der Waals surface area contributed by atoms with Gasteiger partial charge in [-0.1, -0.05) is 12.1 Å². The quantitative estimate of drug-likeness (QED) is 0.920. The first-order chi connectivity index (χ1) is 9.49. The monoisotopic (exact) mass is 273 g/mol. The number of fused-ring (bicyclic) bond motifs is 1. The van der Waals surface area contributed by atoms with Crippen molar-refractivity contribution in [2.45, 2.75) is 39.8 Å². The number of para-hydroxylation sites is 2.